The molecule has 1 saturated carbocycles. The van der Waals surface area contributed by atoms with Crippen molar-refractivity contribution < 1.29 is 9.32 Å². The minimum absolute atomic E-state index is 0.0319. The molecule has 4 unspecified atom stereocenters. The fourth-order valence-corrected chi connectivity index (χ4v) is 3.69. The normalized spacial score (nSPS) is 26.8. The maximum absolute atomic E-state index is 12.6. The van der Waals surface area contributed by atoms with E-state index >= 15 is 0 Å². The van der Waals surface area contributed by atoms with Gasteiger partial charge >= 0.3 is 0 Å². The van der Waals surface area contributed by atoms with Crippen LogP contribution in [0.25, 0.3) is 11.4 Å². The summed E-state index contributed by atoms with van der Waals surface area (Å²) in [6, 6.07) is 3.50. The van der Waals surface area contributed by atoms with Crippen molar-refractivity contribution >= 4 is 5.91 Å². The van der Waals surface area contributed by atoms with Gasteiger partial charge in [0.15, 0.2) is 0 Å². The van der Waals surface area contributed by atoms with E-state index in [4.69, 9.17) is 4.52 Å². The molecule has 1 saturated heterocycles. The topological polar surface area (TPSA) is 105 Å². The van der Waals surface area contributed by atoms with Crippen molar-refractivity contribution in [2.24, 2.45) is 5.92 Å². The van der Waals surface area contributed by atoms with Crippen LogP contribution in [0.1, 0.15) is 44.5 Å². The van der Waals surface area contributed by atoms with Gasteiger partial charge in [-0.1, -0.05) is 18.0 Å². The first-order valence-corrected chi connectivity index (χ1v) is 8.78. The van der Waals surface area contributed by atoms with Crippen LogP contribution in [0.15, 0.2) is 29.0 Å². The fraction of sp³-hybridized carbons (Fsp3) is 0.529. The summed E-state index contributed by atoms with van der Waals surface area (Å²) in [5.41, 5.74) is 7.19. The zero-order valence-corrected chi connectivity index (χ0v) is 14.1. The van der Waals surface area contributed by atoms with Crippen molar-refractivity contribution in [1.29, 1.82) is 0 Å². The van der Waals surface area contributed by atoms with Gasteiger partial charge in [0.1, 0.15) is 12.1 Å². The third-order valence-corrected chi connectivity index (χ3v) is 5.04. The molecule has 2 fully saturated rings. The predicted octanol–water partition coefficient (Wildman–Crippen LogP) is 1.34. The fourth-order valence-electron chi connectivity index (χ4n) is 3.69. The lowest BCUT2D eigenvalue weighted by molar-refractivity contribution is -0.124. The molecule has 1 aliphatic carbocycles. The predicted molar refractivity (Wildman–Crippen MR) is 89.9 cm³/mol. The third kappa shape index (κ3) is 3.27. The van der Waals surface area contributed by atoms with Gasteiger partial charge < -0.3 is 9.84 Å². The number of nitrogens with zero attached hydrogens (tertiary/aromatic N) is 3. The molecule has 25 heavy (non-hydrogen) atoms. The minimum atomic E-state index is -0.352. The quantitative estimate of drug-likeness (QED) is 0.770. The number of rotatable bonds is 4. The van der Waals surface area contributed by atoms with Gasteiger partial charge in [-0.25, -0.2) is 5.43 Å². The maximum atomic E-state index is 12.6. The molecule has 0 spiro atoms. The first-order valence-electron chi connectivity index (χ1n) is 8.78. The summed E-state index contributed by atoms with van der Waals surface area (Å²) >= 11 is 0. The van der Waals surface area contributed by atoms with Crippen LogP contribution in [0.2, 0.25) is 0 Å². The molecule has 8 heteroatoms. The molecular formula is C17H22N6O2. The molecular weight excluding hydrogens is 320 g/mol. The van der Waals surface area contributed by atoms with E-state index in [0.717, 1.165) is 18.4 Å². The van der Waals surface area contributed by atoms with Crippen molar-refractivity contribution in [3.63, 3.8) is 0 Å². The largest absolute Gasteiger partial charge is 0.343 e. The second-order valence-electron chi connectivity index (χ2n) is 6.75. The molecule has 4 rings (SSSR count). The summed E-state index contributed by atoms with van der Waals surface area (Å²) in [5, 5.41) is 6.96. The lowest BCUT2D eigenvalue weighted by atomic mass is 9.81. The summed E-state index contributed by atoms with van der Waals surface area (Å²) in [7, 11) is 0. The van der Waals surface area contributed by atoms with E-state index in [1.165, 1.54) is 12.8 Å². The SMILES string of the molecule is CC(NC(=O)C1NNC2CCCCC21)c1nc(-c2cccnc2)no1. The van der Waals surface area contributed by atoms with E-state index in [2.05, 4.69) is 31.3 Å². The average molecular weight is 342 g/mol. The molecule has 1 amide bonds. The molecule has 3 N–H and O–H groups in total. The van der Waals surface area contributed by atoms with Crippen LogP contribution in [-0.4, -0.2) is 33.1 Å². The molecule has 0 aromatic carbocycles. The van der Waals surface area contributed by atoms with Crippen molar-refractivity contribution in [3.8, 4) is 11.4 Å². The first-order chi connectivity index (χ1) is 12.2. The molecule has 0 radical (unpaired) electrons. The van der Waals surface area contributed by atoms with Crippen LogP contribution in [-0.2, 0) is 4.79 Å². The average Bonchev–Trinajstić information content (AvgIpc) is 3.30. The molecule has 3 heterocycles. The Kier molecular flexibility index (Phi) is 4.46. The molecule has 2 aromatic heterocycles. The lowest BCUT2D eigenvalue weighted by Crippen LogP contribution is -2.46. The Hall–Kier alpha value is -2.32. The van der Waals surface area contributed by atoms with E-state index in [1.54, 1.807) is 12.4 Å². The van der Waals surface area contributed by atoms with Crippen molar-refractivity contribution in [2.45, 2.75) is 50.7 Å². The standard InChI is InChI=1S/C17H22N6O2/c1-10(17-20-15(23-25-17)11-5-4-8-18-9-11)19-16(24)14-12-6-2-3-7-13(12)21-22-14/h4-5,8-10,12-14,21-22H,2-3,6-7H2,1H3,(H,19,24). The molecule has 8 nitrogen and oxygen atoms in total. The molecule has 0 bridgehead atoms. The van der Waals surface area contributed by atoms with Crippen molar-refractivity contribution in [2.75, 3.05) is 0 Å². The maximum Gasteiger partial charge on any atom is 0.249 e. The van der Waals surface area contributed by atoms with Crippen molar-refractivity contribution in [3.05, 3.63) is 30.4 Å². The lowest BCUT2D eigenvalue weighted by Gasteiger charge is -2.26. The Labute approximate surface area is 145 Å². The Bertz CT molecular complexity index is 734. The zero-order valence-electron chi connectivity index (χ0n) is 14.1. The number of hydrogen-bond acceptors (Lipinski definition) is 7. The second-order valence-corrected chi connectivity index (χ2v) is 6.75. The van der Waals surface area contributed by atoms with Gasteiger partial charge in [0.25, 0.3) is 0 Å². The summed E-state index contributed by atoms with van der Waals surface area (Å²) in [6.45, 7) is 1.85. The Balaban J connectivity index is 1.41. The van der Waals surface area contributed by atoms with E-state index in [0.29, 0.717) is 23.7 Å². The summed E-state index contributed by atoms with van der Waals surface area (Å²) < 4.78 is 5.31. The number of nitrogens with one attached hydrogen (secondary N) is 3. The summed E-state index contributed by atoms with van der Waals surface area (Å²) in [4.78, 5) is 21.1. The van der Waals surface area contributed by atoms with Crippen LogP contribution in [0.5, 0.6) is 0 Å². The zero-order chi connectivity index (χ0) is 17.2. The number of carbonyl (C=O) groups is 1. The van der Waals surface area contributed by atoms with Gasteiger partial charge in [0, 0.05) is 29.9 Å². The monoisotopic (exact) mass is 342 g/mol. The Morgan fingerprint density at radius 1 is 1.36 bits per heavy atom. The number of fused-ring (bicyclic) bond motifs is 1. The van der Waals surface area contributed by atoms with Crippen molar-refractivity contribution in [1.82, 2.24) is 31.3 Å². The van der Waals surface area contributed by atoms with E-state index in [9.17, 15) is 4.79 Å². The molecule has 2 aromatic rings. The number of hydrazine groups is 1. The highest BCUT2D eigenvalue weighted by Gasteiger charge is 2.41. The van der Waals surface area contributed by atoms with Crippen LogP contribution < -0.4 is 16.2 Å². The van der Waals surface area contributed by atoms with E-state index in [1.807, 2.05) is 19.1 Å². The molecule has 4 atom stereocenters. The number of pyridine rings is 1. The van der Waals surface area contributed by atoms with Gasteiger partial charge in [0.2, 0.25) is 17.6 Å². The third-order valence-electron chi connectivity index (χ3n) is 5.04. The molecule has 132 valence electrons. The number of aromatic nitrogens is 3. The number of amides is 1. The van der Waals surface area contributed by atoms with Gasteiger partial charge in [0.05, 0.1) is 0 Å². The highest BCUT2D eigenvalue weighted by molar-refractivity contribution is 5.82. The van der Waals surface area contributed by atoms with Gasteiger partial charge in [-0.15, -0.1) is 0 Å². The van der Waals surface area contributed by atoms with Crippen LogP contribution in [0, 0.1) is 5.92 Å². The van der Waals surface area contributed by atoms with Crippen LogP contribution in [0.4, 0.5) is 0 Å². The summed E-state index contributed by atoms with van der Waals surface area (Å²) in [5.74, 6) is 1.17. The van der Waals surface area contributed by atoms with Gasteiger partial charge in [-0.05, 0) is 31.9 Å². The van der Waals surface area contributed by atoms with E-state index < -0.39 is 0 Å². The smallest absolute Gasteiger partial charge is 0.249 e. The highest BCUT2D eigenvalue weighted by atomic mass is 16.5. The van der Waals surface area contributed by atoms with E-state index in [-0.39, 0.29) is 18.0 Å². The first kappa shape index (κ1) is 16.2. The second kappa shape index (κ2) is 6.89. The molecule has 1 aliphatic heterocycles. The van der Waals surface area contributed by atoms with Gasteiger partial charge in [-0.3, -0.25) is 15.2 Å². The van der Waals surface area contributed by atoms with Crippen LogP contribution in [0.3, 0.4) is 0 Å². The number of hydrogen-bond donors (Lipinski definition) is 3. The number of carbonyl (C=O) groups excluding carboxylic acids is 1. The van der Waals surface area contributed by atoms with Gasteiger partial charge in [-0.2, -0.15) is 4.98 Å². The summed E-state index contributed by atoms with van der Waals surface area (Å²) in [6.07, 6.45) is 7.96. The van der Waals surface area contributed by atoms with Crippen LogP contribution >= 0.6 is 0 Å². The Morgan fingerprint density at radius 2 is 2.24 bits per heavy atom. The highest BCUT2D eigenvalue weighted by Crippen LogP contribution is 2.30. The minimum Gasteiger partial charge on any atom is -0.343 e. The Morgan fingerprint density at radius 3 is 3.08 bits per heavy atom. The molecule has 2 aliphatic rings.